The summed E-state index contributed by atoms with van der Waals surface area (Å²) in [6.45, 7) is 8.07. The van der Waals surface area contributed by atoms with E-state index in [2.05, 4.69) is 10.3 Å². The Bertz CT molecular complexity index is 645. The highest BCUT2D eigenvalue weighted by Gasteiger charge is 2.24. The first kappa shape index (κ1) is 16.6. The van der Waals surface area contributed by atoms with Crippen molar-refractivity contribution in [3.63, 3.8) is 0 Å². The molecule has 0 saturated carbocycles. The molecule has 0 aliphatic heterocycles. The van der Waals surface area contributed by atoms with E-state index in [1.807, 2.05) is 45.9 Å². The number of rotatable bonds is 5. The predicted octanol–water partition coefficient (Wildman–Crippen LogP) is 4.00. The molecular weight excluding hydrogens is 300 g/mol. The summed E-state index contributed by atoms with van der Waals surface area (Å²) in [4.78, 5) is 16.8. The molecule has 0 spiro atoms. The van der Waals surface area contributed by atoms with Crippen molar-refractivity contribution in [2.75, 3.05) is 0 Å². The fraction of sp³-hybridized carbons (Fsp3) is 0.412. The van der Waals surface area contributed by atoms with E-state index in [0.717, 1.165) is 17.0 Å². The van der Waals surface area contributed by atoms with Crippen molar-refractivity contribution in [1.82, 2.24) is 10.3 Å². The van der Waals surface area contributed by atoms with Gasteiger partial charge in [0, 0.05) is 5.02 Å². The number of oxazole rings is 1. The standard InChI is InChI=1S/C17H21ClN2O2/c1-10(2)16(13-6-5-7-14(18)8-13)17(21)19-9-15-20-11(3)12(4)22-15/h5-8,10,16H,9H2,1-4H3,(H,19,21)/t16-/m1/s1. The number of benzene rings is 1. The SMILES string of the molecule is Cc1nc(CNC(=O)[C@@H](c2cccc(Cl)c2)C(C)C)oc1C. The van der Waals surface area contributed by atoms with Gasteiger partial charge in [-0.15, -0.1) is 0 Å². The van der Waals surface area contributed by atoms with Gasteiger partial charge in [-0.1, -0.05) is 37.6 Å². The fourth-order valence-electron chi connectivity index (χ4n) is 2.43. The van der Waals surface area contributed by atoms with Crippen LogP contribution < -0.4 is 5.32 Å². The second kappa shape index (κ2) is 6.97. The van der Waals surface area contributed by atoms with E-state index in [1.54, 1.807) is 6.07 Å². The van der Waals surface area contributed by atoms with Gasteiger partial charge in [0.2, 0.25) is 11.8 Å². The van der Waals surface area contributed by atoms with Gasteiger partial charge in [0.15, 0.2) is 0 Å². The van der Waals surface area contributed by atoms with Gasteiger partial charge < -0.3 is 9.73 Å². The largest absolute Gasteiger partial charge is 0.444 e. The van der Waals surface area contributed by atoms with Gasteiger partial charge in [-0.25, -0.2) is 4.98 Å². The third-order valence-corrected chi connectivity index (χ3v) is 3.88. The molecule has 0 saturated heterocycles. The molecule has 22 heavy (non-hydrogen) atoms. The molecule has 0 aliphatic carbocycles. The zero-order chi connectivity index (χ0) is 16.3. The number of nitrogens with one attached hydrogen (secondary N) is 1. The van der Waals surface area contributed by atoms with Gasteiger partial charge in [0.05, 0.1) is 18.2 Å². The molecule has 2 rings (SSSR count). The molecule has 118 valence electrons. The van der Waals surface area contributed by atoms with E-state index >= 15 is 0 Å². The molecule has 0 aliphatic rings. The van der Waals surface area contributed by atoms with Gasteiger partial charge in [-0.05, 0) is 37.5 Å². The van der Waals surface area contributed by atoms with Crippen LogP contribution in [0.1, 0.15) is 42.7 Å². The summed E-state index contributed by atoms with van der Waals surface area (Å²) in [5.74, 6) is 1.16. The molecule has 0 radical (unpaired) electrons. The van der Waals surface area contributed by atoms with Crippen LogP contribution in [0.4, 0.5) is 0 Å². The summed E-state index contributed by atoms with van der Waals surface area (Å²) in [6, 6.07) is 7.43. The smallest absolute Gasteiger partial charge is 0.228 e. The summed E-state index contributed by atoms with van der Waals surface area (Å²) in [5, 5.41) is 3.53. The molecule has 2 aromatic rings. The van der Waals surface area contributed by atoms with Crippen molar-refractivity contribution in [2.24, 2.45) is 5.92 Å². The Balaban J connectivity index is 2.10. The van der Waals surface area contributed by atoms with Crippen LogP contribution in [0.15, 0.2) is 28.7 Å². The minimum absolute atomic E-state index is 0.0502. The minimum atomic E-state index is -0.254. The Morgan fingerprint density at radius 1 is 1.36 bits per heavy atom. The Morgan fingerprint density at radius 3 is 2.64 bits per heavy atom. The Morgan fingerprint density at radius 2 is 2.09 bits per heavy atom. The van der Waals surface area contributed by atoms with E-state index in [9.17, 15) is 4.79 Å². The summed E-state index contributed by atoms with van der Waals surface area (Å²) < 4.78 is 5.48. The minimum Gasteiger partial charge on any atom is -0.444 e. The first-order chi connectivity index (χ1) is 10.4. The van der Waals surface area contributed by atoms with Crippen molar-refractivity contribution in [3.05, 3.63) is 52.2 Å². The van der Waals surface area contributed by atoms with E-state index < -0.39 is 0 Å². The normalized spacial score (nSPS) is 12.5. The second-order valence-electron chi connectivity index (χ2n) is 5.74. The molecule has 1 N–H and O–H groups in total. The number of halogens is 1. The van der Waals surface area contributed by atoms with Crippen LogP contribution in [-0.4, -0.2) is 10.9 Å². The molecule has 1 aromatic heterocycles. The highest BCUT2D eigenvalue weighted by molar-refractivity contribution is 6.30. The second-order valence-corrected chi connectivity index (χ2v) is 6.18. The molecule has 1 amide bonds. The quantitative estimate of drug-likeness (QED) is 0.906. The summed E-state index contributed by atoms with van der Waals surface area (Å²) in [5.41, 5.74) is 1.76. The lowest BCUT2D eigenvalue weighted by Gasteiger charge is -2.20. The van der Waals surface area contributed by atoms with Crippen molar-refractivity contribution in [3.8, 4) is 0 Å². The average Bonchev–Trinajstić information content (AvgIpc) is 2.75. The van der Waals surface area contributed by atoms with Crippen LogP contribution in [-0.2, 0) is 11.3 Å². The van der Waals surface area contributed by atoms with Gasteiger partial charge >= 0.3 is 0 Å². The Labute approximate surface area is 135 Å². The molecule has 1 aromatic carbocycles. The van der Waals surface area contributed by atoms with Gasteiger partial charge in [0.1, 0.15) is 5.76 Å². The van der Waals surface area contributed by atoms with Gasteiger partial charge in [-0.2, -0.15) is 0 Å². The molecule has 0 unspecified atom stereocenters. The van der Waals surface area contributed by atoms with Crippen LogP contribution in [0, 0.1) is 19.8 Å². The molecule has 0 fully saturated rings. The lowest BCUT2D eigenvalue weighted by molar-refractivity contribution is -0.123. The fourth-order valence-corrected chi connectivity index (χ4v) is 2.63. The van der Waals surface area contributed by atoms with Gasteiger partial charge in [0.25, 0.3) is 0 Å². The highest BCUT2D eigenvalue weighted by atomic mass is 35.5. The maximum absolute atomic E-state index is 12.5. The average molecular weight is 321 g/mol. The van der Waals surface area contributed by atoms with Crippen LogP contribution in [0.3, 0.4) is 0 Å². The lowest BCUT2D eigenvalue weighted by atomic mass is 9.87. The predicted molar refractivity (Wildman–Crippen MR) is 86.9 cm³/mol. The highest BCUT2D eigenvalue weighted by Crippen LogP contribution is 2.26. The van der Waals surface area contributed by atoms with Crippen LogP contribution in [0.5, 0.6) is 0 Å². The first-order valence-electron chi connectivity index (χ1n) is 7.34. The number of hydrogen-bond acceptors (Lipinski definition) is 3. The molecular formula is C17H21ClN2O2. The van der Waals surface area contributed by atoms with Gasteiger partial charge in [-0.3, -0.25) is 4.79 Å². The van der Waals surface area contributed by atoms with Crippen molar-refractivity contribution < 1.29 is 9.21 Å². The molecule has 1 heterocycles. The van der Waals surface area contributed by atoms with E-state index in [0.29, 0.717) is 10.9 Å². The number of amides is 1. The zero-order valence-electron chi connectivity index (χ0n) is 13.3. The van der Waals surface area contributed by atoms with E-state index in [-0.39, 0.29) is 24.3 Å². The molecule has 0 bridgehead atoms. The lowest BCUT2D eigenvalue weighted by Crippen LogP contribution is -2.31. The number of hydrogen-bond donors (Lipinski definition) is 1. The van der Waals surface area contributed by atoms with Crippen LogP contribution in [0.25, 0.3) is 0 Å². The van der Waals surface area contributed by atoms with E-state index in [4.69, 9.17) is 16.0 Å². The Hall–Kier alpha value is -1.81. The Kier molecular flexibility index (Phi) is 5.24. The summed E-state index contributed by atoms with van der Waals surface area (Å²) in [6.07, 6.45) is 0. The number of carbonyl (C=O) groups is 1. The topological polar surface area (TPSA) is 55.1 Å². The molecule has 4 nitrogen and oxygen atoms in total. The molecule has 5 heteroatoms. The number of aryl methyl sites for hydroxylation is 2. The first-order valence-corrected chi connectivity index (χ1v) is 7.72. The van der Waals surface area contributed by atoms with Crippen molar-refractivity contribution >= 4 is 17.5 Å². The summed E-state index contributed by atoms with van der Waals surface area (Å²) in [7, 11) is 0. The monoisotopic (exact) mass is 320 g/mol. The third-order valence-electron chi connectivity index (χ3n) is 3.64. The molecule has 1 atom stereocenters. The van der Waals surface area contributed by atoms with E-state index in [1.165, 1.54) is 0 Å². The number of nitrogens with zero attached hydrogens (tertiary/aromatic N) is 1. The van der Waals surface area contributed by atoms with Crippen LogP contribution >= 0.6 is 11.6 Å². The zero-order valence-corrected chi connectivity index (χ0v) is 14.1. The van der Waals surface area contributed by atoms with Crippen molar-refractivity contribution in [2.45, 2.75) is 40.2 Å². The maximum Gasteiger partial charge on any atom is 0.228 e. The number of aromatic nitrogens is 1. The summed E-state index contributed by atoms with van der Waals surface area (Å²) >= 11 is 6.03. The van der Waals surface area contributed by atoms with Crippen molar-refractivity contribution in [1.29, 1.82) is 0 Å². The van der Waals surface area contributed by atoms with Crippen LogP contribution in [0.2, 0.25) is 5.02 Å². The maximum atomic E-state index is 12.5. The third kappa shape index (κ3) is 3.89. The number of carbonyl (C=O) groups excluding carboxylic acids is 1.